The molecular weight excluding hydrogens is 229 g/mol. The summed E-state index contributed by atoms with van der Waals surface area (Å²) in [5.41, 5.74) is 1.19. The molecule has 2 N–H and O–H groups in total. The molecule has 1 atom stereocenters. The van der Waals surface area contributed by atoms with E-state index in [1.165, 1.54) is 18.4 Å². The first-order chi connectivity index (χ1) is 8.72. The van der Waals surface area contributed by atoms with Crippen LogP contribution in [0.4, 0.5) is 4.39 Å². The van der Waals surface area contributed by atoms with Crippen LogP contribution in [0.2, 0.25) is 0 Å². The summed E-state index contributed by atoms with van der Waals surface area (Å²) in [6.45, 7) is 0.968. The van der Waals surface area contributed by atoms with Gasteiger partial charge in [0.15, 0.2) is 0 Å². The van der Waals surface area contributed by atoms with Gasteiger partial charge in [0.2, 0.25) is 0 Å². The maximum Gasteiger partial charge on any atom is 0.123 e. The molecule has 0 radical (unpaired) electrons. The molecule has 0 spiro atoms. The van der Waals surface area contributed by atoms with Crippen LogP contribution >= 0.6 is 0 Å². The topological polar surface area (TPSA) is 32.3 Å². The third-order valence-corrected chi connectivity index (χ3v) is 4.16. The second-order valence-electron chi connectivity index (χ2n) is 5.77. The summed E-state index contributed by atoms with van der Waals surface area (Å²) in [4.78, 5) is 0. The molecule has 0 saturated heterocycles. The highest BCUT2D eigenvalue weighted by molar-refractivity contribution is 5.22. The Kier molecular flexibility index (Phi) is 3.35. The van der Waals surface area contributed by atoms with Gasteiger partial charge in [-0.25, -0.2) is 4.39 Å². The van der Waals surface area contributed by atoms with E-state index in [0.717, 1.165) is 19.4 Å². The highest BCUT2D eigenvalue weighted by atomic mass is 19.1. The van der Waals surface area contributed by atoms with Crippen LogP contribution in [0.5, 0.6) is 0 Å². The van der Waals surface area contributed by atoms with Crippen molar-refractivity contribution >= 4 is 0 Å². The van der Waals surface area contributed by atoms with Gasteiger partial charge in [-0.3, -0.25) is 0 Å². The first kappa shape index (κ1) is 12.1. The minimum absolute atomic E-state index is 0.0815. The molecule has 0 aliphatic heterocycles. The lowest BCUT2D eigenvalue weighted by Crippen LogP contribution is -2.38. The van der Waals surface area contributed by atoms with Crippen LogP contribution in [0.25, 0.3) is 0 Å². The molecule has 2 fully saturated rings. The van der Waals surface area contributed by atoms with Crippen molar-refractivity contribution in [3.63, 3.8) is 0 Å². The molecule has 1 aromatic rings. The van der Waals surface area contributed by atoms with E-state index < -0.39 is 0 Å². The van der Waals surface area contributed by atoms with E-state index in [2.05, 4.69) is 5.32 Å². The van der Waals surface area contributed by atoms with E-state index in [9.17, 15) is 9.50 Å². The van der Waals surface area contributed by atoms with Gasteiger partial charge in [-0.2, -0.15) is 0 Å². The van der Waals surface area contributed by atoms with Crippen molar-refractivity contribution in [3.8, 4) is 0 Å². The number of hydrogen-bond donors (Lipinski definition) is 2. The van der Waals surface area contributed by atoms with Gasteiger partial charge in [0.1, 0.15) is 5.82 Å². The Hall–Kier alpha value is -0.930. The summed E-state index contributed by atoms with van der Waals surface area (Å²) < 4.78 is 12.9. The third-order valence-electron chi connectivity index (χ3n) is 4.16. The van der Waals surface area contributed by atoms with Gasteiger partial charge in [0.25, 0.3) is 0 Å². The van der Waals surface area contributed by atoms with E-state index in [1.807, 2.05) is 12.1 Å². The summed E-state index contributed by atoms with van der Waals surface area (Å²) in [5, 5.41) is 12.9. The Labute approximate surface area is 107 Å². The molecule has 0 amide bonds. The van der Waals surface area contributed by atoms with E-state index in [4.69, 9.17) is 0 Å². The summed E-state index contributed by atoms with van der Waals surface area (Å²) in [7, 11) is 0. The lowest BCUT2D eigenvalue weighted by molar-refractivity contribution is 0.0415. The molecule has 1 aromatic carbocycles. The van der Waals surface area contributed by atoms with Crippen LogP contribution in [0.3, 0.4) is 0 Å². The minimum Gasteiger partial charge on any atom is -0.393 e. The smallest absolute Gasteiger partial charge is 0.123 e. The van der Waals surface area contributed by atoms with E-state index >= 15 is 0 Å². The molecule has 98 valence electrons. The molecule has 3 heteroatoms. The van der Waals surface area contributed by atoms with Crippen molar-refractivity contribution in [3.05, 3.63) is 35.6 Å². The summed E-state index contributed by atoms with van der Waals surface area (Å²) >= 11 is 0. The highest BCUT2D eigenvalue weighted by Crippen LogP contribution is 2.41. The number of nitrogens with one attached hydrogen (secondary N) is 1. The zero-order chi connectivity index (χ0) is 12.5. The van der Waals surface area contributed by atoms with Gasteiger partial charge in [-0.15, -0.1) is 0 Å². The second-order valence-corrected chi connectivity index (χ2v) is 5.77. The summed E-state index contributed by atoms with van der Waals surface area (Å²) in [6.07, 6.45) is 4.30. The fourth-order valence-corrected chi connectivity index (χ4v) is 2.82. The molecule has 2 aliphatic rings. The fourth-order valence-electron chi connectivity index (χ4n) is 2.82. The largest absolute Gasteiger partial charge is 0.393 e. The average molecular weight is 249 g/mol. The maximum atomic E-state index is 12.9. The molecule has 2 nitrogen and oxygen atoms in total. The zero-order valence-corrected chi connectivity index (χ0v) is 10.5. The number of halogens is 1. The van der Waals surface area contributed by atoms with Crippen molar-refractivity contribution in [2.45, 2.75) is 37.8 Å². The van der Waals surface area contributed by atoms with Gasteiger partial charge >= 0.3 is 0 Å². The van der Waals surface area contributed by atoms with Crippen molar-refractivity contribution in [2.75, 3.05) is 6.54 Å². The van der Waals surface area contributed by atoms with Gasteiger partial charge in [-0.05, 0) is 61.8 Å². The van der Waals surface area contributed by atoms with Crippen molar-refractivity contribution in [1.82, 2.24) is 5.32 Å². The second kappa shape index (κ2) is 4.98. The Morgan fingerprint density at radius 1 is 1.22 bits per heavy atom. The zero-order valence-electron chi connectivity index (χ0n) is 10.5. The Morgan fingerprint density at radius 2 is 1.89 bits per heavy atom. The minimum atomic E-state index is -0.171. The predicted octanol–water partition coefficient (Wildman–Crippen LogP) is 2.64. The van der Waals surface area contributed by atoms with Crippen LogP contribution in [0.15, 0.2) is 24.3 Å². The standard InChI is InChI=1S/C15H20FNO/c16-13-5-3-12(4-6-13)15(11-1-2-11)17-9-10-7-14(18)8-10/h3-6,10-11,14-15,17-18H,1-2,7-9H2. The molecular formula is C15H20FNO. The van der Waals surface area contributed by atoms with Crippen molar-refractivity contribution in [2.24, 2.45) is 11.8 Å². The molecule has 2 saturated carbocycles. The van der Waals surface area contributed by atoms with Gasteiger partial charge in [-0.1, -0.05) is 12.1 Å². The number of hydrogen-bond acceptors (Lipinski definition) is 2. The molecule has 0 aromatic heterocycles. The van der Waals surface area contributed by atoms with Crippen molar-refractivity contribution in [1.29, 1.82) is 0 Å². The highest BCUT2D eigenvalue weighted by Gasteiger charge is 2.34. The Balaban J connectivity index is 1.59. The monoisotopic (exact) mass is 249 g/mol. The van der Waals surface area contributed by atoms with Gasteiger partial charge in [0.05, 0.1) is 6.10 Å². The quantitative estimate of drug-likeness (QED) is 0.841. The van der Waals surface area contributed by atoms with Crippen LogP contribution < -0.4 is 5.32 Å². The van der Waals surface area contributed by atoms with Crippen LogP contribution in [-0.4, -0.2) is 17.8 Å². The summed E-state index contributed by atoms with van der Waals surface area (Å²) in [6, 6.07) is 7.23. The van der Waals surface area contributed by atoms with Crippen LogP contribution in [0.1, 0.15) is 37.3 Å². The van der Waals surface area contributed by atoms with Gasteiger partial charge < -0.3 is 10.4 Å². The average Bonchev–Trinajstić information content (AvgIpc) is 3.13. The number of rotatable bonds is 5. The lowest BCUT2D eigenvalue weighted by atomic mass is 9.82. The van der Waals surface area contributed by atoms with E-state index in [-0.39, 0.29) is 11.9 Å². The molecule has 18 heavy (non-hydrogen) atoms. The normalized spacial score (nSPS) is 28.8. The molecule has 1 unspecified atom stereocenters. The van der Waals surface area contributed by atoms with E-state index in [0.29, 0.717) is 17.9 Å². The lowest BCUT2D eigenvalue weighted by Gasteiger charge is -2.33. The van der Waals surface area contributed by atoms with E-state index in [1.54, 1.807) is 12.1 Å². The Bertz CT molecular complexity index is 395. The molecule has 2 aliphatic carbocycles. The fraction of sp³-hybridized carbons (Fsp3) is 0.600. The molecule has 0 heterocycles. The number of aliphatic hydroxyl groups is 1. The number of aliphatic hydroxyl groups excluding tert-OH is 1. The SMILES string of the molecule is OC1CC(CNC(c2ccc(F)cc2)C2CC2)C1. The predicted molar refractivity (Wildman–Crippen MR) is 68.6 cm³/mol. The summed E-state index contributed by atoms with van der Waals surface area (Å²) in [5.74, 6) is 1.15. The van der Waals surface area contributed by atoms with Crippen molar-refractivity contribution < 1.29 is 9.50 Å². The molecule has 3 rings (SSSR count). The van der Waals surface area contributed by atoms with Crippen LogP contribution in [0, 0.1) is 17.7 Å². The third kappa shape index (κ3) is 2.73. The first-order valence-corrected chi connectivity index (χ1v) is 6.89. The number of benzene rings is 1. The maximum absolute atomic E-state index is 12.9. The Morgan fingerprint density at radius 3 is 2.44 bits per heavy atom. The first-order valence-electron chi connectivity index (χ1n) is 6.89. The van der Waals surface area contributed by atoms with Crippen LogP contribution in [-0.2, 0) is 0 Å². The van der Waals surface area contributed by atoms with Gasteiger partial charge in [0, 0.05) is 6.04 Å². The molecule has 0 bridgehead atoms.